The SMILES string of the molecule is Cc1cc(Br)oc1C(=O)N1CCCC1C(C)(C)O. The number of halogens is 1. The second-order valence-electron chi connectivity index (χ2n) is 5.37. The van der Waals surface area contributed by atoms with E-state index in [-0.39, 0.29) is 11.9 Å². The van der Waals surface area contributed by atoms with E-state index in [0.29, 0.717) is 17.0 Å². The lowest BCUT2D eigenvalue weighted by molar-refractivity contribution is -0.000842. The summed E-state index contributed by atoms with van der Waals surface area (Å²) in [4.78, 5) is 14.2. The van der Waals surface area contributed by atoms with Crippen molar-refractivity contribution in [2.24, 2.45) is 0 Å². The Kier molecular flexibility index (Phi) is 3.56. The van der Waals surface area contributed by atoms with E-state index in [4.69, 9.17) is 4.42 Å². The molecule has 0 spiro atoms. The van der Waals surface area contributed by atoms with Crippen LogP contribution in [0.2, 0.25) is 0 Å². The Labute approximate surface area is 115 Å². The van der Waals surface area contributed by atoms with Crippen molar-refractivity contribution in [2.75, 3.05) is 6.54 Å². The molecule has 100 valence electrons. The summed E-state index contributed by atoms with van der Waals surface area (Å²) in [7, 11) is 0. The number of amides is 1. The molecule has 5 heteroatoms. The van der Waals surface area contributed by atoms with Gasteiger partial charge in [0.25, 0.3) is 5.91 Å². The minimum absolute atomic E-state index is 0.136. The number of aliphatic hydroxyl groups is 1. The molecule has 1 aromatic heterocycles. The molecule has 1 aliphatic heterocycles. The lowest BCUT2D eigenvalue weighted by atomic mass is 9.96. The van der Waals surface area contributed by atoms with Gasteiger partial charge in [0.15, 0.2) is 10.4 Å². The second kappa shape index (κ2) is 4.70. The van der Waals surface area contributed by atoms with Crippen LogP contribution in [0.3, 0.4) is 0 Å². The smallest absolute Gasteiger partial charge is 0.290 e. The zero-order valence-electron chi connectivity index (χ0n) is 10.9. The van der Waals surface area contributed by atoms with Gasteiger partial charge < -0.3 is 14.4 Å². The van der Waals surface area contributed by atoms with E-state index >= 15 is 0 Å². The van der Waals surface area contributed by atoms with Crippen molar-refractivity contribution in [1.82, 2.24) is 4.90 Å². The molecule has 18 heavy (non-hydrogen) atoms. The Morgan fingerprint density at radius 1 is 1.61 bits per heavy atom. The summed E-state index contributed by atoms with van der Waals surface area (Å²) >= 11 is 3.23. The van der Waals surface area contributed by atoms with Crippen molar-refractivity contribution >= 4 is 21.8 Å². The molecule has 1 N–H and O–H groups in total. The van der Waals surface area contributed by atoms with Crippen LogP contribution in [0.5, 0.6) is 0 Å². The van der Waals surface area contributed by atoms with Crippen LogP contribution in [0.25, 0.3) is 0 Å². The van der Waals surface area contributed by atoms with Crippen LogP contribution in [0.15, 0.2) is 15.2 Å². The summed E-state index contributed by atoms with van der Waals surface area (Å²) in [5.74, 6) is 0.223. The number of hydrogen-bond donors (Lipinski definition) is 1. The van der Waals surface area contributed by atoms with E-state index < -0.39 is 5.60 Å². The van der Waals surface area contributed by atoms with Gasteiger partial charge in [-0.3, -0.25) is 4.79 Å². The topological polar surface area (TPSA) is 53.7 Å². The van der Waals surface area contributed by atoms with E-state index in [2.05, 4.69) is 15.9 Å². The van der Waals surface area contributed by atoms with Gasteiger partial charge in [-0.05, 0) is 55.6 Å². The first-order chi connectivity index (χ1) is 8.30. The first-order valence-corrected chi connectivity index (χ1v) is 6.89. The molecule has 1 saturated heterocycles. The fourth-order valence-corrected chi connectivity index (χ4v) is 3.04. The number of likely N-dealkylation sites (tertiary alicyclic amines) is 1. The fourth-order valence-electron chi connectivity index (χ4n) is 2.53. The van der Waals surface area contributed by atoms with Crippen LogP contribution < -0.4 is 0 Å². The lowest BCUT2D eigenvalue weighted by Gasteiger charge is -2.33. The van der Waals surface area contributed by atoms with Crippen LogP contribution in [-0.2, 0) is 0 Å². The molecule has 0 aliphatic carbocycles. The zero-order chi connectivity index (χ0) is 13.5. The third kappa shape index (κ3) is 2.47. The standard InChI is InChI=1S/C13H18BrNO3/c1-8-7-10(14)18-11(8)12(16)15-6-4-5-9(15)13(2,3)17/h7,9,17H,4-6H2,1-3H3. The number of nitrogens with zero attached hydrogens (tertiary/aromatic N) is 1. The maximum atomic E-state index is 12.4. The molecule has 0 radical (unpaired) electrons. The summed E-state index contributed by atoms with van der Waals surface area (Å²) in [5, 5.41) is 10.1. The summed E-state index contributed by atoms with van der Waals surface area (Å²) in [6.07, 6.45) is 1.75. The molecule has 0 bridgehead atoms. The maximum Gasteiger partial charge on any atom is 0.290 e. The van der Waals surface area contributed by atoms with E-state index in [9.17, 15) is 9.90 Å². The number of carbonyl (C=O) groups excluding carboxylic acids is 1. The Hall–Kier alpha value is -0.810. The molecule has 4 nitrogen and oxygen atoms in total. The fraction of sp³-hybridized carbons (Fsp3) is 0.615. The van der Waals surface area contributed by atoms with Gasteiger partial charge in [0.2, 0.25) is 0 Å². The van der Waals surface area contributed by atoms with Gasteiger partial charge in [-0.25, -0.2) is 0 Å². The van der Waals surface area contributed by atoms with Crippen molar-refractivity contribution in [3.8, 4) is 0 Å². The molecule has 1 aromatic rings. The van der Waals surface area contributed by atoms with Crippen LogP contribution in [0, 0.1) is 6.92 Å². The van der Waals surface area contributed by atoms with Crippen molar-refractivity contribution < 1.29 is 14.3 Å². The van der Waals surface area contributed by atoms with Gasteiger partial charge in [-0.1, -0.05) is 0 Å². The minimum Gasteiger partial charge on any atom is -0.444 e. The Bertz CT molecular complexity index is 461. The van der Waals surface area contributed by atoms with Crippen molar-refractivity contribution in [1.29, 1.82) is 0 Å². The van der Waals surface area contributed by atoms with Crippen LogP contribution in [-0.4, -0.2) is 34.1 Å². The molecule has 1 aliphatic rings. The van der Waals surface area contributed by atoms with Crippen LogP contribution in [0.4, 0.5) is 0 Å². The monoisotopic (exact) mass is 315 g/mol. The second-order valence-corrected chi connectivity index (χ2v) is 6.15. The minimum atomic E-state index is -0.885. The average molecular weight is 316 g/mol. The van der Waals surface area contributed by atoms with Crippen LogP contribution >= 0.6 is 15.9 Å². The summed E-state index contributed by atoms with van der Waals surface area (Å²) in [5.41, 5.74) is -0.0718. The van der Waals surface area contributed by atoms with E-state index in [1.807, 2.05) is 6.92 Å². The Morgan fingerprint density at radius 2 is 2.28 bits per heavy atom. The van der Waals surface area contributed by atoms with Gasteiger partial charge in [-0.15, -0.1) is 0 Å². The maximum absolute atomic E-state index is 12.4. The molecule has 2 rings (SSSR count). The Morgan fingerprint density at radius 3 is 2.78 bits per heavy atom. The number of furan rings is 1. The summed E-state index contributed by atoms with van der Waals surface area (Å²) in [6.45, 7) is 6.00. The van der Waals surface area contributed by atoms with Gasteiger partial charge >= 0.3 is 0 Å². The molecular weight excluding hydrogens is 298 g/mol. The highest BCUT2D eigenvalue weighted by Gasteiger charge is 2.39. The number of hydrogen-bond acceptors (Lipinski definition) is 3. The molecule has 2 heterocycles. The van der Waals surface area contributed by atoms with E-state index in [1.165, 1.54) is 0 Å². The number of carbonyl (C=O) groups is 1. The third-order valence-corrected chi connectivity index (χ3v) is 3.80. The van der Waals surface area contributed by atoms with E-state index in [0.717, 1.165) is 18.4 Å². The van der Waals surface area contributed by atoms with Gasteiger partial charge in [0.05, 0.1) is 11.6 Å². The van der Waals surface area contributed by atoms with Crippen molar-refractivity contribution in [2.45, 2.75) is 45.3 Å². The highest BCUT2D eigenvalue weighted by Crippen LogP contribution is 2.30. The van der Waals surface area contributed by atoms with Gasteiger partial charge in [0, 0.05) is 12.1 Å². The predicted molar refractivity (Wildman–Crippen MR) is 71.5 cm³/mol. The van der Waals surface area contributed by atoms with E-state index in [1.54, 1.807) is 24.8 Å². The lowest BCUT2D eigenvalue weighted by Crippen LogP contribution is -2.48. The normalized spacial score (nSPS) is 20.5. The first kappa shape index (κ1) is 13.6. The zero-order valence-corrected chi connectivity index (χ0v) is 12.5. The highest BCUT2D eigenvalue weighted by atomic mass is 79.9. The number of rotatable bonds is 2. The summed E-state index contributed by atoms with van der Waals surface area (Å²) < 4.78 is 5.95. The van der Waals surface area contributed by atoms with Crippen LogP contribution in [0.1, 0.15) is 42.8 Å². The summed E-state index contributed by atoms with van der Waals surface area (Å²) in [6, 6.07) is 1.64. The van der Waals surface area contributed by atoms with Crippen molar-refractivity contribution in [3.05, 3.63) is 22.1 Å². The molecule has 1 amide bonds. The quantitative estimate of drug-likeness (QED) is 0.913. The molecule has 1 atom stereocenters. The van der Waals surface area contributed by atoms with Crippen molar-refractivity contribution in [3.63, 3.8) is 0 Å². The molecule has 1 fully saturated rings. The van der Waals surface area contributed by atoms with Gasteiger partial charge in [0.1, 0.15) is 0 Å². The number of aryl methyl sites for hydroxylation is 1. The van der Waals surface area contributed by atoms with Gasteiger partial charge in [-0.2, -0.15) is 0 Å². The average Bonchev–Trinajstić information content (AvgIpc) is 2.82. The largest absolute Gasteiger partial charge is 0.444 e. The molecule has 0 aromatic carbocycles. The highest BCUT2D eigenvalue weighted by molar-refractivity contribution is 9.10. The third-order valence-electron chi connectivity index (χ3n) is 3.41. The molecular formula is C13H18BrNO3. The Balaban J connectivity index is 2.26. The molecule has 0 saturated carbocycles. The molecule has 1 unspecified atom stereocenters. The predicted octanol–water partition coefficient (Wildman–Crippen LogP) is 2.73. The first-order valence-electron chi connectivity index (χ1n) is 6.10.